The summed E-state index contributed by atoms with van der Waals surface area (Å²) in [7, 11) is 0. The lowest BCUT2D eigenvalue weighted by atomic mass is 10.1. The van der Waals surface area contributed by atoms with E-state index in [0.29, 0.717) is 16.9 Å². The third-order valence-electron chi connectivity index (χ3n) is 3.15. The molecule has 0 amide bonds. The van der Waals surface area contributed by atoms with Crippen molar-refractivity contribution < 1.29 is 9.90 Å². The molecule has 0 bridgehead atoms. The van der Waals surface area contributed by atoms with Gasteiger partial charge in [-0.3, -0.25) is 0 Å². The van der Waals surface area contributed by atoms with Crippen LogP contribution in [-0.4, -0.2) is 25.7 Å². The van der Waals surface area contributed by atoms with Crippen molar-refractivity contribution in [2.24, 2.45) is 0 Å². The Kier molecular flexibility index (Phi) is 3.23. The first kappa shape index (κ1) is 13.1. The summed E-state index contributed by atoms with van der Waals surface area (Å²) < 4.78 is 1.65. The fraction of sp³-hybridized carbons (Fsp3) is 0.0625. The molecule has 104 valence electrons. The highest BCUT2D eigenvalue weighted by Crippen LogP contribution is 2.26. The number of hydrogen-bond acceptors (Lipinski definition) is 3. The summed E-state index contributed by atoms with van der Waals surface area (Å²) in [5.74, 6) is -1.000. The minimum Gasteiger partial charge on any atom is -0.478 e. The Balaban J connectivity index is 2.23. The van der Waals surface area contributed by atoms with Gasteiger partial charge in [-0.05, 0) is 19.1 Å². The number of aromatic nitrogens is 3. The van der Waals surface area contributed by atoms with Crippen molar-refractivity contribution in [2.75, 3.05) is 0 Å². The van der Waals surface area contributed by atoms with Crippen LogP contribution in [-0.2, 0) is 4.79 Å². The maximum Gasteiger partial charge on any atom is 0.328 e. The van der Waals surface area contributed by atoms with Gasteiger partial charge in [0.25, 0.3) is 0 Å². The van der Waals surface area contributed by atoms with Crippen LogP contribution in [0.1, 0.15) is 11.1 Å². The Morgan fingerprint density at radius 2 is 2.05 bits per heavy atom. The van der Waals surface area contributed by atoms with Crippen LogP contribution in [0.15, 0.2) is 48.8 Å². The van der Waals surface area contributed by atoms with Crippen molar-refractivity contribution in [3.8, 4) is 11.3 Å². The van der Waals surface area contributed by atoms with Crippen LogP contribution in [0.4, 0.5) is 0 Å². The van der Waals surface area contributed by atoms with Crippen molar-refractivity contribution in [3.63, 3.8) is 0 Å². The molecule has 3 rings (SSSR count). The van der Waals surface area contributed by atoms with Crippen molar-refractivity contribution >= 4 is 17.7 Å². The Morgan fingerprint density at radius 1 is 1.29 bits per heavy atom. The number of aliphatic carboxylic acids is 1. The molecule has 3 aromatic rings. The molecule has 0 atom stereocenters. The zero-order valence-electron chi connectivity index (χ0n) is 11.4. The molecule has 2 heterocycles. The first-order chi connectivity index (χ1) is 10.1. The molecule has 5 nitrogen and oxygen atoms in total. The molecule has 2 aromatic heterocycles. The van der Waals surface area contributed by atoms with E-state index >= 15 is 0 Å². The smallest absolute Gasteiger partial charge is 0.328 e. The van der Waals surface area contributed by atoms with E-state index in [2.05, 4.69) is 10.1 Å². The maximum absolute atomic E-state index is 10.8. The summed E-state index contributed by atoms with van der Waals surface area (Å²) in [4.78, 5) is 15.1. The summed E-state index contributed by atoms with van der Waals surface area (Å²) in [6.45, 7) is 2.01. The molecule has 0 aliphatic rings. The van der Waals surface area contributed by atoms with Gasteiger partial charge in [0.2, 0.25) is 0 Å². The molecule has 0 saturated carbocycles. The molecule has 0 aliphatic heterocycles. The van der Waals surface area contributed by atoms with E-state index in [-0.39, 0.29) is 0 Å². The van der Waals surface area contributed by atoms with Crippen molar-refractivity contribution in [1.29, 1.82) is 0 Å². The van der Waals surface area contributed by atoms with Gasteiger partial charge in [0.1, 0.15) is 5.69 Å². The number of aryl methyl sites for hydroxylation is 1. The summed E-state index contributed by atoms with van der Waals surface area (Å²) in [5.41, 5.74) is 4.12. The highest BCUT2D eigenvalue weighted by atomic mass is 16.4. The van der Waals surface area contributed by atoms with Gasteiger partial charge in [-0.25, -0.2) is 14.3 Å². The molecule has 0 aliphatic carbocycles. The van der Waals surface area contributed by atoms with E-state index in [1.807, 2.05) is 31.2 Å². The average Bonchev–Trinajstić information content (AvgIpc) is 2.84. The van der Waals surface area contributed by atoms with Crippen LogP contribution >= 0.6 is 0 Å². The average molecular weight is 279 g/mol. The van der Waals surface area contributed by atoms with E-state index in [1.165, 1.54) is 6.08 Å². The number of benzene rings is 1. The molecule has 0 fully saturated rings. The van der Waals surface area contributed by atoms with Gasteiger partial charge < -0.3 is 5.11 Å². The highest BCUT2D eigenvalue weighted by Gasteiger charge is 2.13. The number of rotatable bonds is 3. The first-order valence-corrected chi connectivity index (χ1v) is 6.46. The SMILES string of the molecule is Cc1ccc(-c2nn3cccnc3c2/C=C/C(=O)O)cc1. The fourth-order valence-electron chi connectivity index (χ4n) is 2.14. The molecule has 0 unspecified atom stereocenters. The maximum atomic E-state index is 10.8. The largest absolute Gasteiger partial charge is 0.478 e. The van der Waals surface area contributed by atoms with Crippen LogP contribution in [0, 0.1) is 6.92 Å². The molecule has 0 spiro atoms. The molecule has 1 N–H and O–H groups in total. The van der Waals surface area contributed by atoms with Crippen LogP contribution in [0.25, 0.3) is 23.0 Å². The zero-order chi connectivity index (χ0) is 14.8. The van der Waals surface area contributed by atoms with Crippen LogP contribution < -0.4 is 0 Å². The lowest BCUT2D eigenvalue weighted by Gasteiger charge is -1.99. The molecule has 21 heavy (non-hydrogen) atoms. The van der Waals surface area contributed by atoms with Gasteiger partial charge in [0.05, 0.1) is 0 Å². The van der Waals surface area contributed by atoms with Crippen LogP contribution in [0.3, 0.4) is 0 Å². The monoisotopic (exact) mass is 279 g/mol. The Bertz CT molecular complexity index is 832. The van der Waals surface area contributed by atoms with Crippen molar-refractivity contribution in [1.82, 2.24) is 14.6 Å². The number of carboxylic acids is 1. The molecule has 0 saturated heterocycles. The number of carbonyl (C=O) groups is 1. The van der Waals surface area contributed by atoms with Gasteiger partial charge >= 0.3 is 5.97 Å². The minimum absolute atomic E-state index is 0.630. The topological polar surface area (TPSA) is 67.5 Å². The molecule has 0 radical (unpaired) electrons. The minimum atomic E-state index is -1.000. The fourth-order valence-corrected chi connectivity index (χ4v) is 2.14. The van der Waals surface area contributed by atoms with E-state index in [9.17, 15) is 4.79 Å². The van der Waals surface area contributed by atoms with Gasteiger partial charge in [-0.15, -0.1) is 0 Å². The van der Waals surface area contributed by atoms with E-state index in [0.717, 1.165) is 17.2 Å². The summed E-state index contributed by atoms with van der Waals surface area (Å²) >= 11 is 0. The first-order valence-electron chi connectivity index (χ1n) is 6.46. The lowest BCUT2D eigenvalue weighted by Crippen LogP contribution is -1.88. The van der Waals surface area contributed by atoms with Crippen molar-refractivity contribution in [2.45, 2.75) is 6.92 Å². The van der Waals surface area contributed by atoms with E-state index in [1.54, 1.807) is 23.0 Å². The summed E-state index contributed by atoms with van der Waals surface area (Å²) in [5, 5.41) is 13.3. The number of fused-ring (bicyclic) bond motifs is 1. The number of carboxylic acid groups (broad SMARTS) is 1. The predicted molar refractivity (Wildman–Crippen MR) is 79.8 cm³/mol. The Labute approximate surface area is 121 Å². The van der Waals surface area contributed by atoms with Gasteiger partial charge in [0.15, 0.2) is 5.65 Å². The molecular weight excluding hydrogens is 266 g/mol. The molecular formula is C16H13N3O2. The van der Waals surface area contributed by atoms with Gasteiger partial charge in [-0.1, -0.05) is 29.8 Å². The second-order valence-electron chi connectivity index (χ2n) is 4.69. The second kappa shape index (κ2) is 5.20. The number of hydrogen-bond donors (Lipinski definition) is 1. The summed E-state index contributed by atoms with van der Waals surface area (Å²) in [6, 6.07) is 9.71. The second-order valence-corrected chi connectivity index (χ2v) is 4.69. The third kappa shape index (κ3) is 2.53. The Morgan fingerprint density at radius 3 is 2.76 bits per heavy atom. The lowest BCUT2D eigenvalue weighted by molar-refractivity contribution is -0.131. The normalized spacial score (nSPS) is 11.3. The Hall–Kier alpha value is -2.95. The third-order valence-corrected chi connectivity index (χ3v) is 3.15. The van der Waals surface area contributed by atoms with Crippen LogP contribution in [0.2, 0.25) is 0 Å². The zero-order valence-corrected chi connectivity index (χ0v) is 11.4. The molecule has 5 heteroatoms. The number of nitrogens with zero attached hydrogens (tertiary/aromatic N) is 3. The van der Waals surface area contributed by atoms with Crippen molar-refractivity contribution in [3.05, 3.63) is 59.9 Å². The summed E-state index contributed by atoms with van der Waals surface area (Å²) in [6.07, 6.45) is 6.09. The van der Waals surface area contributed by atoms with Gasteiger partial charge in [0, 0.05) is 29.6 Å². The predicted octanol–water partition coefficient (Wildman–Crippen LogP) is 2.80. The van der Waals surface area contributed by atoms with Crippen LogP contribution in [0.5, 0.6) is 0 Å². The standard InChI is InChI=1S/C16H13N3O2/c1-11-3-5-12(6-4-11)15-13(7-8-14(20)21)16-17-9-2-10-19(16)18-15/h2-10H,1H3,(H,20,21)/b8-7+. The van der Waals surface area contributed by atoms with E-state index < -0.39 is 5.97 Å². The highest BCUT2D eigenvalue weighted by molar-refractivity contribution is 5.90. The quantitative estimate of drug-likeness (QED) is 0.749. The molecule has 1 aromatic carbocycles. The van der Waals surface area contributed by atoms with E-state index in [4.69, 9.17) is 5.11 Å². The van der Waals surface area contributed by atoms with Gasteiger partial charge in [-0.2, -0.15) is 5.10 Å².